The van der Waals surface area contributed by atoms with Crippen LogP contribution < -0.4 is 5.32 Å². The van der Waals surface area contributed by atoms with E-state index in [0.29, 0.717) is 23.1 Å². The van der Waals surface area contributed by atoms with E-state index in [1.54, 1.807) is 17.0 Å². The summed E-state index contributed by atoms with van der Waals surface area (Å²) in [5.41, 5.74) is 2.00. The average Bonchev–Trinajstić information content (AvgIpc) is 3.46. The maximum atomic E-state index is 12.6. The molecule has 28 heavy (non-hydrogen) atoms. The lowest BCUT2D eigenvalue weighted by atomic mass is 10.1. The van der Waals surface area contributed by atoms with E-state index in [1.807, 2.05) is 36.6 Å². The zero-order valence-corrected chi connectivity index (χ0v) is 16.2. The first kappa shape index (κ1) is 18.4. The molecule has 1 unspecified atom stereocenters. The van der Waals surface area contributed by atoms with E-state index in [-0.39, 0.29) is 24.4 Å². The minimum atomic E-state index is -0.253. The number of likely N-dealkylation sites (tertiary alicyclic amines) is 1. The Hall–Kier alpha value is -3.00. The standard InChI is InChI=1S/C20H20N4O3S/c1-13-5-2-6-14(11-13)18-22-20(27-23-18)15-7-3-9-24(15)17(25)12-21-19(26)16-8-4-10-28-16/h2,4-6,8,10-11,15H,3,7,9,12H2,1H3,(H,21,26). The number of nitrogens with one attached hydrogen (secondary N) is 1. The van der Waals surface area contributed by atoms with Gasteiger partial charge in [-0.05, 0) is 37.3 Å². The fourth-order valence-electron chi connectivity index (χ4n) is 3.35. The van der Waals surface area contributed by atoms with Crippen LogP contribution in [-0.4, -0.2) is 39.9 Å². The summed E-state index contributed by atoms with van der Waals surface area (Å²) in [4.78, 5) is 31.5. The number of carbonyl (C=O) groups is 2. The highest BCUT2D eigenvalue weighted by molar-refractivity contribution is 7.12. The number of aryl methyl sites for hydroxylation is 1. The van der Waals surface area contributed by atoms with E-state index < -0.39 is 0 Å². The Balaban J connectivity index is 1.43. The van der Waals surface area contributed by atoms with Crippen LogP contribution >= 0.6 is 11.3 Å². The van der Waals surface area contributed by atoms with Gasteiger partial charge in [-0.3, -0.25) is 9.59 Å². The Morgan fingerprint density at radius 2 is 2.21 bits per heavy atom. The van der Waals surface area contributed by atoms with Crippen LogP contribution in [0.15, 0.2) is 46.3 Å². The van der Waals surface area contributed by atoms with Crippen molar-refractivity contribution in [3.63, 3.8) is 0 Å². The molecule has 4 rings (SSSR count). The van der Waals surface area contributed by atoms with Gasteiger partial charge in [0.15, 0.2) is 0 Å². The van der Waals surface area contributed by atoms with Gasteiger partial charge < -0.3 is 14.7 Å². The van der Waals surface area contributed by atoms with Gasteiger partial charge in [-0.2, -0.15) is 4.98 Å². The summed E-state index contributed by atoms with van der Waals surface area (Å²) in [5, 5.41) is 8.59. The van der Waals surface area contributed by atoms with Crippen molar-refractivity contribution >= 4 is 23.2 Å². The molecule has 0 saturated carbocycles. The van der Waals surface area contributed by atoms with Gasteiger partial charge in [-0.1, -0.05) is 35.0 Å². The molecule has 0 spiro atoms. The average molecular weight is 396 g/mol. The van der Waals surface area contributed by atoms with Crippen molar-refractivity contribution in [3.8, 4) is 11.4 Å². The highest BCUT2D eigenvalue weighted by Crippen LogP contribution is 2.32. The normalized spacial score (nSPS) is 16.3. The Morgan fingerprint density at radius 3 is 3.00 bits per heavy atom. The summed E-state index contributed by atoms with van der Waals surface area (Å²) in [6.45, 7) is 2.57. The molecule has 1 saturated heterocycles. The minimum Gasteiger partial charge on any atom is -0.342 e. The van der Waals surface area contributed by atoms with Crippen molar-refractivity contribution in [2.75, 3.05) is 13.1 Å². The zero-order valence-electron chi connectivity index (χ0n) is 15.4. The molecule has 0 aliphatic carbocycles. The van der Waals surface area contributed by atoms with E-state index in [1.165, 1.54) is 11.3 Å². The Kier molecular flexibility index (Phi) is 5.21. The summed E-state index contributed by atoms with van der Waals surface area (Å²) in [5.74, 6) is 0.567. The molecule has 144 valence electrons. The van der Waals surface area contributed by atoms with Gasteiger partial charge in [0.2, 0.25) is 17.6 Å². The van der Waals surface area contributed by atoms with Crippen molar-refractivity contribution in [2.24, 2.45) is 0 Å². The second kappa shape index (κ2) is 7.93. The molecule has 3 heterocycles. The quantitative estimate of drug-likeness (QED) is 0.715. The second-order valence-electron chi connectivity index (χ2n) is 6.73. The third kappa shape index (κ3) is 3.82. The third-order valence-electron chi connectivity index (χ3n) is 4.72. The molecule has 1 aliphatic heterocycles. The topological polar surface area (TPSA) is 88.3 Å². The number of aromatic nitrogens is 2. The summed E-state index contributed by atoms with van der Waals surface area (Å²) < 4.78 is 5.47. The van der Waals surface area contributed by atoms with Gasteiger partial charge in [0.25, 0.3) is 5.91 Å². The summed E-state index contributed by atoms with van der Waals surface area (Å²) in [7, 11) is 0. The van der Waals surface area contributed by atoms with E-state index in [0.717, 1.165) is 24.0 Å². The molecule has 3 aromatic rings. The first-order chi connectivity index (χ1) is 13.6. The van der Waals surface area contributed by atoms with Crippen LogP contribution in [0.5, 0.6) is 0 Å². The predicted octanol–water partition coefficient (Wildman–Crippen LogP) is 3.20. The summed E-state index contributed by atoms with van der Waals surface area (Å²) in [6.07, 6.45) is 1.62. The molecule has 2 amide bonds. The van der Waals surface area contributed by atoms with Gasteiger partial charge in [0.05, 0.1) is 11.4 Å². The number of carbonyl (C=O) groups excluding carboxylic acids is 2. The zero-order chi connectivity index (χ0) is 19.5. The van der Waals surface area contributed by atoms with Crippen molar-refractivity contribution in [2.45, 2.75) is 25.8 Å². The van der Waals surface area contributed by atoms with E-state index in [4.69, 9.17) is 4.52 Å². The van der Waals surface area contributed by atoms with Gasteiger partial charge in [0, 0.05) is 12.1 Å². The fourth-order valence-corrected chi connectivity index (χ4v) is 3.99. The predicted molar refractivity (Wildman–Crippen MR) is 105 cm³/mol. The minimum absolute atomic E-state index is 0.0495. The number of benzene rings is 1. The summed E-state index contributed by atoms with van der Waals surface area (Å²) in [6, 6.07) is 11.2. The van der Waals surface area contributed by atoms with E-state index in [2.05, 4.69) is 15.5 Å². The molecule has 7 nitrogen and oxygen atoms in total. The van der Waals surface area contributed by atoms with Crippen LogP contribution in [0.4, 0.5) is 0 Å². The Morgan fingerprint density at radius 1 is 1.32 bits per heavy atom. The van der Waals surface area contributed by atoms with Crippen LogP contribution in [0, 0.1) is 6.92 Å². The van der Waals surface area contributed by atoms with Gasteiger partial charge in [-0.15, -0.1) is 11.3 Å². The number of hydrogen-bond acceptors (Lipinski definition) is 6. The largest absolute Gasteiger partial charge is 0.342 e. The van der Waals surface area contributed by atoms with Gasteiger partial charge in [-0.25, -0.2) is 0 Å². The maximum Gasteiger partial charge on any atom is 0.261 e. The summed E-state index contributed by atoms with van der Waals surface area (Å²) >= 11 is 1.34. The number of amides is 2. The van der Waals surface area contributed by atoms with Crippen molar-refractivity contribution in [3.05, 3.63) is 58.1 Å². The number of nitrogens with zero attached hydrogens (tertiary/aromatic N) is 3. The monoisotopic (exact) mass is 396 g/mol. The second-order valence-corrected chi connectivity index (χ2v) is 7.68. The molecule has 1 atom stereocenters. The molecule has 1 aromatic carbocycles. The van der Waals surface area contributed by atoms with Crippen LogP contribution in [0.3, 0.4) is 0 Å². The van der Waals surface area contributed by atoms with E-state index >= 15 is 0 Å². The molecule has 8 heteroatoms. The molecule has 1 N–H and O–H groups in total. The molecular weight excluding hydrogens is 376 g/mol. The van der Waals surface area contributed by atoms with Crippen LogP contribution in [0.1, 0.15) is 40.0 Å². The highest BCUT2D eigenvalue weighted by Gasteiger charge is 2.34. The van der Waals surface area contributed by atoms with Crippen LogP contribution in [0.25, 0.3) is 11.4 Å². The van der Waals surface area contributed by atoms with Crippen molar-refractivity contribution in [1.82, 2.24) is 20.4 Å². The van der Waals surface area contributed by atoms with E-state index in [9.17, 15) is 9.59 Å². The SMILES string of the molecule is Cc1cccc(-c2noc(C3CCCN3C(=O)CNC(=O)c3cccs3)n2)c1. The van der Waals surface area contributed by atoms with Gasteiger partial charge >= 0.3 is 0 Å². The first-order valence-electron chi connectivity index (χ1n) is 9.13. The van der Waals surface area contributed by atoms with Gasteiger partial charge in [0.1, 0.15) is 6.04 Å². The lowest BCUT2D eigenvalue weighted by molar-refractivity contribution is -0.131. The Bertz CT molecular complexity index is 983. The van der Waals surface area contributed by atoms with Crippen molar-refractivity contribution < 1.29 is 14.1 Å². The first-order valence-corrected chi connectivity index (χ1v) is 10.0. The third-order valence-corrected chi connectivity index (χ3v) is 5.59. The van der Waals surface area contributed by atoms with Crippen LogP contribution in [-0.2, 0) is 4.79 Å². The Labute approximate surface area is 166 Å². The molecule has 1 aliphatic rings. The number of thiophene rings is 1. The lowest BCUT2D eigenvalue weighted by Gasteiger charge is -2.21. The fraction of sp³-hybridized carbons (Fsp3) is 0.300. The lowest BCUT2D eigenvalue weighted by Crippen LogP contribution is -2.39. The maximum absolute atomic E-state index is 12.6. The molecule has 1 fully saturated rings. The smallest absolute Gasteiger partial charge is 0.261 e. The molecule has 0 radical (unpaired) electrons. The number of rotatable bonds is 5. The van der Waals surface area contributed by atoms with Crippen molar-refractivity contribution in [1.29, 1.82) is 0 Å². The molecular formula is C20H20N4O3S. The molecule has 0 bridgehead atoms. The number of hydrogen-bond donors (Lipinski definition) is 1. The molecule has 2 aromatic heterocycles. The van der Waals surface area contributed by atoms with Crippen LogP contribution in [0.2, 0.25) is 0 Å². The highest BCUT2D eigenvalue weighted by atomic mass is 32.1.